The van der Waals surface area contributed by atoms with Gasteiger partial charge >= 0.3 is 6.09 Å². The van der Waals surface area contributed by atoms with Gasteiger partial charge in [0.25, 0.3) is 0 Å². The van der Waals surface area contributed by atoms with Gasteiger partial charge in [0.2, 0.25) is 5.91 Å². The first-order valence-electron chi connectivity index (χ1n) is 12.5. The van der Waals surface area contributed by atoms with E-state index in [2.05, 4.69) is 44.6 Å². The predicted molar refractivity (Wildman–Crippen MR) is 141 cm³/mol. The Morgan fingerprint density at radius 1 is 1.00 bits per heavy atom. The van der Waals surface area contributed by atoms with Crippen LogP contribution in [0.15, 0.2) is 72.9 Å². The Bertz CT molecular complexity index is 1140. The van der Waals surface area contributed by atoms with Gasteiger partial charge in [-0.2, -0.15) is 0 Å². The molecule has 1 unspecified atom stereocenters. The van der Waals surface area contributed by atoms with E-state index in [0.717, 1.165) is 42.4 Å². The van der Waals surface area contributed by atoms with Crippen molar-refractivity contribution < 1.29 is 14.3 Å². The van der Waals surface area contributed by atoms with Crippen LogP contribution in [-0.2, 0) is 16.0 Å². The number of nitrogens with two attached hydrogens (primary N) is 1. The predicted octanol–water partition coefficient (Wildman–Crippen LogP) is 5.09. The summed E-state index contributed by atoms with van der Waals surface area (Å²) in [6.45, 7) is 0.701. The van der Waals surface area contributed by atoms with E-state index in [0.29, 0.717) is 24.7 Å². The van der Waals surface area contributed by atoms with Crippen molar-refractivity contribution in [2.75, 3.05) is 19.0 Å². The van der Waals surface area contributed by atoms with Gasteiger partial charge in [-0.05, 0) is 79.5 Å². The lowest BCUT2D eigenvalue weighted by atomic mass is 9.81. The van der Waals surface area contributed by atoms with Gasteiger partial charge < -0.3 is 15.8 Å². The van der Waals surface area contributed by atoms with Gasteiger partial charge in [0.1, 0.15) is 5.82 Å². The van der Waals surface area contributed by atoms with E-state index in [1.165, 1.54) is 12.7 Å². The first kappa shape index (κ1) is 25.4. The van der Waals surface area contributed by atoms with Crippen molar-refractivity contribution in [3.63, 3.8) is 0 Å². The fraction of sp³-hybridized carbons (Fsp3) is 0.345. The molecule has 7 heteroatoms. The van der Waals surface area contributed by atoms with Crippen LogP contribution in [0.1, 0.15) is 42.9 Å². The molecule has 188 valence electrons. The molecule has 1 saturated carbocycles. The molecule has 1 atom stereocenters. The molecule has 1 aromatic heterocycles. The number of hydrogen-bond acceptors (Lipinski definition) is 5. The molecule has 1 aliphatic carbocycles. The standard InChI is InChI=1S/C29H34N4O3/c1-36-29(35)33-27-15-14-25(19-31-27)23-8-5-9-24(17-23)26(16-20-6-3-2-4-7-20)32-28(34)22-12-10-21(18-30)11-13-22/h2-9,14-15,17,19,21-22,26H,10-13,16,18,30H2,1H3,(H,32,34)(H,31,33,35). The van der Waals surface area contributed by atoms with Crippen molar-refractivity contribution in [1.82, 2.24) is 10.3 Å². The highest BCUT2D eigenvalue weighted by Gasteiger charge is 2.27. The van der Waals surface area contributed by atoms with Crippen molar-refractivity contribution in [2.24, 2.45) is 17.6 Å². The van der Waals surface area contributed by atoms with Gasteiger partial charge in [0.05, 0.1) is 13.2 Å². The number of aromatic nitrogens is 1. The molecule has 0 radical (unpaired) electrons. The van der Waals surface area contributed by atoms with Crippen molar-refractivity contribution in [3.05, 3.63) is 84.1 Å². The summed E-state index contributed by atoms with van der Waals surface area (Å²) < 4.78 is 4.62. The van der Waals surface area contributed by atoms with Crippen LogP contribution in [0, 0.1) is 11.8 Å². The van der Waals surface area contributed by atoms with Crippen LogP contribution >= 0.6 is 0 Å². The summed E-state index contributed by atoms with van der Waals surface area (Å²) in [6.07, 6.45) is 5.67. The van der Waals surface area contributed by atoms with E-state index in [4.69, 9.17) is 5.73 Å². The average molecular weight is 487 g/mol. The molecule has 1 fully saturated rings. The van der Waals surface area contributed by atoms with Crippen LogP contribution in [0.5, 0.6) is 0 Å². The molecule has 0 bridgehead atoms. The van der Waals surface area contributed by atoms with E-state index in [1.54, 1.807) is 12.3 Å². The minimum Gasteiger partial charge on any atom is -0.453 e. The third-order valence-corrected chi connectivity index (χ3v) is 6.95. The smallest absolute Gasteiger partial charge is 0.412 e. The summed E-state index contributed by atoms with van der Waals surface area (Å²) in [7, 11) is 1.31. The number of ether oxygens (including phenoxy) is 1. The SMILES string of the molecule is COC(=O)Nc1ccc(-c2cccc(C(Cc3ccccc3)NC(=O)C3CCC(CN)CC3)c2)cn1. The maximum absolute atomic E-state index is 13.3. The molecule has 1 aliphatic rings. The van der Waals surface area contributed by atoms with Crippen molar-refractivity contribution in [2.45, 2.75) is 38.1 Å². The number of carbonyl (C=O) groups is 2. The number of benzene rings is 2. The summed E-state index contributed by atoms with van der Waals surface area (Å²) in [5, 5.41) is 5.91. The maximum Gasteiger partial charge on any atom is 0.412 e. The number of nitrogens with zero attached hydrogens (tertiary/aromatic N) is 1. The fourth-order valence-electron chi connectivity index (χ4n) is 4.78. The Kier molecular flexibility index (Phi) is 8.68. The van der Waals surface area contributed by atoms with Gasteiger partial charge in [-0.1, -0.05) is 48.5 Å². The molecular weight excluding hydrogens is 452 g/mol. The minimum atomic E-state index is -0.562. The number of amides is 2. The molecule has 0 spiro atoms. The summed E-state index contributed by atoms with van der Waals surface area (Å²) in [5.74, 6) is 1.11. The third-order valence-electron chi connectivity index (χ3n) is 6.95. The molecule has 1 heterocycles. The van der Waals surface area contributed by atoms with E-state index >= 15 is 0 Å². The summed E-state index contributed by atoms with van der Waals surface area (Å²) in [4.78, 5) is 29.0. The second-order valence-electron chi connectivity index (χ2n) is 9.38. The van der Waals surface area contributed by atoms with Gasteiger partial charge in [0.15, 0.2) is 0 Å². The van der Waals surface area contributed by atoms with E-state index in [-0.39, 0.29) is 17.9 Å². The normalized spacial score (nSPS) is 18.2. The quantitative estimate of drug-likeness (QED) is 0.411. The topological polar surface area (TPSA) is 106 Å². The highest BCUT2D eigenvalue weighted by atomic mass is 16.5. The first-order chi connectivity index (χ1) is 17.6. The van der Waals surface area contributed by atoms with Crippen molar-refractivity contribution in [3.8, 4) is 11.1 Å². The zero-order chi connectivity index (χ0) is 25.3. The summed E-state index contributed by atoms with van der Waals surface area (Å²) in [6, 6.07) is 21.9. The molecule has 0 saturated heterocycles. The van der Waals surface area contributed by atoms with Crippen LogP contribution in [0.3, 0.4) is 0 Å². The second-order valence-corrected chi connectivity index (χ2v) is 9.38. The third kappa shape index (κ3) is 6.70. The summed E-state index contributed by atoms with van der Waals surface area (Å²) in [5.41, 5.74) is 9.94. The first-order valence-corrected chi connectivity index (χ1v) is 12.5. The number of pyridine rings is 1. The Labute approximate surface area is 212 Å². The van der Waals surface area contributed by atoms with Gasteiger partial charge in [-0.25, -0.2) is 9.78 Å². The Morgan fingerprint density at radius 2 is 1.78 bits per heavy atom. The number of rotatable bonds is 8. The lowest BCUT2D eigenvalue weighted by Crippen LogP contribution is -2.37. The molecule has 4 N–H and O–H groups in total. The molecule has 3 aromatic rings. The zero-order valence-electron chi connectivity index (χ0n) is 20.7. The van der Waals surface area contributed by atoms with Gasteiger partial charge in [0, 0.05) is 17.7 Å². The molecule has 2 amide bonds. The lowest BCUT2D eigenvalue weighted by molar-refractivity contribution is -0.127. The Balaban J connectivity index is 1.54. The largest absolute Gasteiger partial charge is 0.453 e. The van der Waals surface area contributed by atoms with Crippen molar-refractivity contribution in [1.29, 1.82) is 0 Å². The molecule has 7 nitrogen and oxygen atoms in total. The van der Waals surface area contributed by atoms with Crippen LogP contribution in [0.4, 0.5) is 10.6 Å². The van der Waals surface area contributed by atoms with E-state index in [9.17, 15) is 9.59 Å². The molecule has 4 rings (SSSR count). The van der Waals surface area contributed by atoms with Crippen LogP contribution in [0.2, 0.25) is 0 Å². The van der Waals surface area contributed by atoms with E-state index in [1.807, 2.05) is 36.4 Å². The lowest BCUT2D eigenvalue weighted by Gasteiger charge is -2.29. The molecule has 2 aromatic carbocycles. The van der Waals surface area contributed by atoms with Gasteiger partial charge in [-0.15, -0.1) is 0 Å². The highest BCUT2D eigenvalue weighted by molar-refractivity contribution is 5.83. The average Bonchev–Trinajstić information content (AvgIpc) is 2.93. The number of hydrogen-bond donors (Lipinski definition) is 3. The monoisotopic (exact) mass is 486 g/mol. The molecular formula is C29H34N4O3. The highest BCUT2D eigenvalue weighted by Crippen LogP contribution is 2.30. The Morgan fingerprint density at radius 3 is 2.44 bits per heavy atom. The Hall–Kier alpha value is -3.71. The maximum atomic E-state index is 13.3. The van der Waals surface area contributed by atoms with Crippen LogP contribution in [0.25, 0.3) is 11.1 Å². The van der Waals surface area contributed by atoms with Gasteiger partial charge in [-0.3, -0.25) is 10.1 Å². The van der Waals surface area contributed by atoms with E-state index < -0.39 is 6.09 Å². The zero-order valence-corrected chi connectivity index (χ0v) is 20.7. The van der Waals surface area contributed by atoms with Crippen LogP contribution in [-0.4, -0.2) is 30.6 Å². The molecule has 0 aliphatic heterocycles. The number of methoxy groups -OCH3 is 1. The molecule has 36 heavy (non-hydrogen) atoms. The summed E-state index contributed by atoms with van der Waals surface area (Å²) >= 11 is 0. The number of nitrogens with one attached hydrogen (secondary N) is 2. The second kappa shape index (κ2) is 12.3. The number of carbonyl (C=O) groups excluding carboxylic acids is 2. The fourth-order valence-corrected chi connectivity index (χ4v) is 4.78. The van der Waals surface area contributed by atoms with Crippen molar-refractivity contribution >= 4 is 17.8 Å². The van der Waals surface area contributed by atoms with Crippen LogP contribution < -0.4 is 16.4 Å². The minimum absolute atomic E-state index is 0.0355. The number of anilines is 1.